The molecule has 0 aliphatic rings. The molecule has 0 aliphatic heterocycles. The van der Waals surface area contributed by atoms with Crippen molar-refractivity contribution >= 4 is 5.91 Å². The molecule has 1 rings (SSSR count). The fourth-order valence-corrected chi connectivity index (χ4v) is 1.29. The number of amides is 1. The number of hydrogen-bond donors (Lipinski definition) is 1. The van der Waals surface area contributed by atoms with Crippen molar-refractivity contribution in [3.63, 3.8) is 0 Å². The minimum atomic E-state index is -0.649. The predicted molar refractivity (Wildman–Crippen MR) is 69.1 cm³/mol. The quantitative estimate of drug-likeness (QED) is 0.887. The van der Waals surface area contributed by atoms with Gasteiger partial charge in [0.2, 0.25) is 0 Å². The van der Waals surface area contributed by atoms with Gasteiger partial charge in [-0.15, -0.1) is 0 Å². The van der Waals surface area contributed by atoms with E-state index >= 15 is 0 Å². The Labute approximate surface area is 112 Å². The molecule has 0 fully saturated rings. The molecule has 19 heavy (non-hydrogen) atoms. The van der Waals surface area contributed by atoms with Crippen molar-refractivity contribution in [3.05, 3.63) is 29.6 Å². The van der Waals surface area contributed by atoms with Crippen molar-refractivity contribution in [3.8, 4) is 11.8 Å². The number of nitriles is 1. The minimum Gasteiger partial charge on any atom is -0.481 e. The van der Waals surface area contributed by atoms with Crippen LogP contribution in [-0.4, -0.2) is 18.6 Å². The maximum atomic E-state index is 13.5. The van der Waals surface area contributed by atoms with E-state index in [1.807, 2.05) is 26.8 Å². The normalized spacial score (nSPS) is 11.8. The number of benzene rings is 1. The van der Waals surface area contributed by atoms with E-state index < -0.39 is 5.82 Å². The number of hydrogen-bond acceptors (Lipinski definition) is 3. The van der Waals surface area contributed by atoms with Crippen LogP contribution in [0.3, 0.4) is 0 Å². The van der Waals surface area contributed by atoms with Gasteiger partial charge in [-0.2, -0.15) is 5.26 Å². The molecule has 1 unspecified atom stereocenters. The monoisotopic (exact) mass is 264 g/mol. The van der Waals surface area contributed by atoms with E-state index in [9.17, 15) is 9.18 Å². The zero-order valence-electron chi connectivity index (χ0n) is 11.2. The van der Waals surface area contributed by atoms with E-state index in [0.717, 1.165) is 6.07 Å². The van der Waals surface area contributed by atoms with Gasteiger partial charge in [-0.05, 0) is 31.0 Å². The maximum absolute atomic E-state index is 13.5. The lowest BCUT2D eigenvalue weighted by Gasteiger charge is -2.17. The number of nitrogens with one attached hydrogen (secondary N) is 1. The van der Waals surface area contributed by atoms with Gasteiger partial charge >= 0.3 is 0 Å². The number of nitrogens with zero attached hydrogens (tertiary/aromatic N) is 1. The SMILES string of the molecule is CC(C)C(C)NC(=O)COc1ccc(C#N)cc1F. The molecule has 1 aromatic rings. The van der Waals surface area contributed by atoms with Crippen LogP contribution in [0.1, 0.15) is 26.3 Å². The molecular formula is C14H17FN2O2. The summed E-state index contributed by atoms with van der Waals surface area (Å²) in [7, 11) is 0. The molecule has 1 N–H and O–H groups in total. The average molecular weight is 264 g/mol. The van der Waals surface area contributed by atoms with Gasteiger partial charge in [0, 0.05) is 6.04 Å². The largest absolute Gasteiger partial charge is 0.481 e. The second kappa shape index (κ2) is 6.74. The highest BCUT2D eigenvalue weighted by atomic mass is 19.1. The number of halogens is 1. The Hall–Kier alpha value is -2.09. The van der Waals surface area contributed by atoms with Gasteiger partial charge in [-0.3, -0.25) is 4.79 Å². The Morgan fingerprint density at radius 2 is 2.16 bits per heavy atom. The first-order valence-corrected chi connectivity index (χ1v) is 6.06. The molecule has 102 valence electrons. The third kappa shape index (κ3) is 4.59. The Bertz CT molecular complexity index is 495. The predicted octanol–water partition coefficient (Wildman–Crippen LogP) is 2.24. The number of rotatable bonds is 5. The van der Waals surface area contributed by atoms with Gasteiger partial charge in [0.1, 0.15) is 0 Å². The zero-order chi connectivity index (χ0) is 14.4. The van der Waals surface area contributed by atoms with Gasteiger partial charge < -0.3 is 10.1 Å². The van der Waals surface area contributed by atoms with Gasteiger partial charge in [0.25, 0.3) is 5.91 Å². The van der Waals surface area contributed by atoms with Crippen LogP contribution in [0.25, 0.3) is 0 Å². The van der Waals surface area contributed by atoms with E-state index in [1.165, 1.54) is 12.1 Å². The van der Waals surface area contributed by atoms with Gasteiger partial charge in [0.15, 0.2) is 18.2 Å². The van der Waals surface area contributed by atoms with E-state index in [0.29, 0.717) is 5.92 Å². The first kappa shape index (κ1) is 15.0. The van der Waals surface area contributed by atoms with E-state index in [1.54, 1.807) is 0 Å². The lowest BCUT2D eigenvalue weighted by molar-refractivity contribution is -0.124. The molecule has 0 radical (unpaired) electrons. The van der Waals surface area contributed by atoms with E-state index in [2.05, 4.69) is 5.32 Å². The fraction of sp³-hybridized carbons (Fsp3) is 0.429. The first-order chi connectivity index (χ1) is 8.93. The van der Waals surface area contributed by atoms with Crippen molar-refractivity contribution in [2.24, 2.45) is 5.92 Å². The van der Waals surface area contributed by atoms with Crippen LogP contribution in [0, 0.1) is 23.1 Å². The molecule has 0 heterocycles. The summed E-state index contributed by atoms with van der Waals surface area (Å²) in [5.74, 6) is -0.671. The summed E-state index contributed by atoms with van der Waals surface area (Å²) < 4.78 is 18.6. The zero-order valence-corrected chi connectivity index (χ0v) is 11.2. The van der Waals surface area contributed by atoms with Crippen LogP contribution in [0.15, 0.2) is 18.2 Å². The molecule has 4 nitrogen and oxygen atoms in total. The molecule has 0 aromatic heterocycles. The second-order valence-electron chi connectivity index (χ2n) is 4.65. The number of ether oxygens (including phenoxy) is 1. The molecule has 1 atom stereocenters. The summed E-state index contributed by atoms with van der Waals surface area (Å²) in [6, 6.07) is 5.70. The molecule has 0 saturated carbocycles. The Balaban J connectivity index is 2.53. The highest BCUT2D eigenvalue weighted by Crippen LogP contribution is 2.17. The van der Waals surface area contributed by atoms with Crippen molar-refractivity contribution in [2.45, 2.75) is 26.8 Å². The van der Waals surface area contributed by atoms with Crippen LogP contribution in [0.5, 0.6) is 5.75 Å². The third-order valence-corrected chi connectivity index (χ3v) is 2.81. The van der Waals surface area contributed by atoms with Crippen molar-refractivity contribution in [2.75, 3.05) is 6.61 Å². The molecule has 5 heteroatoms. The average Bonchev–Trinajstić information content (AvgIpc) is 2.36. The first-order valence-electron chi connectivity index (χ1n) is 6.06. The summed E-state index contributed by atoms with van der Waals surface area (Å²) >= 11 is 0. The molecule has 1 amide bonds. The molecule has 0 bridgehead atoms. The van der Waals surface area contributed by atoms with Crippen molar-refractivity contribution in [1.82, 2.24) is 5.32 Å². The van der Waals surface area contributed by atoms with Crippen LogP contribution in [-0.2, 0) is 4.79 Å². The summed E-state index contributed by atoms with van der Waals surface area (Å²) in [6.45, 7) is 5.63. The molecular weight excluding hydrogens is 247 g/mol. The molecule has 0 saturated heterocycles. The number of carbonyl (C=O) groups is 1. The highest BCUT2D eigenvalue weighted by Gasteiger charge is 2.12. The lowest BCUT2D eigenvalue weighted by atomic mass is 10.1. The van der Waals surface area contributed by atoms with Gasteiger partial charge in [-0.1, -0.05) is 13.8 Å². The lowest BCUT2D eigenvalue weighted by Crippen LogP contribution is -2.39. The molecule has 0 spiro atoms. The fourth-order valence-electron chi connectivity index (χ4n) is 1.29. The third-order valence-electron chi connectivity index (χ3n) is 2.81. The summed E-state index contributed by atoms with van der Waals surface area (Å²) in [4.78, 5) is 11.6. The van der Waals surface area contributed by atoms with Crippen molar-refractivity contribution in [1.29, 1.82) is 5.26 Å². The maximum Gasteiger partial charge on any atom is 0.258 e. The van der Waals surface area contributed by atoms with Crippen LogP contribution in [0.2, 0.25) is 0 Å². The van der Waals surface area contributed by atoms with Crippen molar-refractivity contribution < 1.29 is 13.9 Å². The van der Waals surface area contributed by atoms with E-state index in [4.69, 9.17) is 10.00 Å². The summed E-state index contributed by atoms with van der Waals surface area (Å²) in [5.41, 5.74) is 0.211. The standard InChI is InChI=1S/C14H17FN2O2/c1-9(2)10(3)17-14(18)8-19-13-5-4-11(7-16)6-12(13)15/h4-6,9-10H,8H2,1-3H3,(H,17,18). The van der Waals surface area contributed by atoms with Gasteiger partial charge in [-0.25, -0.2) is 4.39 Å². The topological polar surface area (TPSA) is 62.1 Å². The number of carbonyl (C=O) groups excluding carboxylic acids is 1. The van der Waals surface area contributed by atoms with E-state index in [-0.39, 0.29) is 29.9 Å². The Morgan fingerprint density at radius 3 is 2.68 bits per heavy atom. The van der Waals surface area contributed by atoms with Gasteiger partial charge in [0.05, 0.1) is 11.6 Å². The summed E-state index contributed by atoms with van der Waals surface area (Å²) in [5, 5.41) is 11.4. The van der Waals surface area contributed by atoms with Crippen LogP contribution in [0.4, 0.5) is 4.39 Å². The molecule has 1 aromatic carbocycles. The van der Waals surface area contributed by atoms with Crippen LogP contribution < -0.4 is 10.1 Å². The summed E-state index contributed by atoms with van der Waals surface area (Å²) in [6.07, 6.45) is 0. The van der Waals surface area contributed by atoms with Crippen LogP contribution >= 0.6 is 0 Å². The Morgan fingerprint density at radius 1 is 1.47 bits per heavy atom. The smallest absolute Gasteiger partial charge is 0.258 e. The highest BCUT2D eigenvalue weighted by molar-refractivity contribution is 5.77. The minimum absolute atomic E-state index is 0.0295. The second-order valence-corrected chi connectivity index (χ2v) is 4.65. The Kier molecular flexibility index (Phi) is 5.31. The molecule has 0 aliphatic carbocycles.